The Balaban J connectivity index is 2.34. The second-order valence-electron chi connectivity index (χ2n) is 6.22. The Morgan fingerprint density at radius 2 is 2.00 bits per heavy atom. The summed E-state index contributed by atoms with van der Waals surface area (Å²) in [6.07, 6.45) is 7.01. The maximum Gasteiger partial charge on any atom is 0.323 e. The van der Waals surface area contributed by atoms with E-state index in [2.05, 4.69) is 39.0 Å². The van der Waals surface area contributed by atoms with Crippen molar-refractivity contribution in [1.82, 2.24) is 19.5 Å². The molecule has 2 heterocycles. The Bertz CT molecular complexity index is 700. The van der Waals surface area contributed by atoms with Crippen molar-refractivity contribution in [3.63, 3.8) is 0 Å². The van der Waals surface area contributed by atoms with Crippen LogP contribution in [0.25, 0.3) is 11.2 Å². The molecular weight excluding hydrogens is 320 g/mol. The number of imidazole rings is 1. The van der Waals surface area contributed by atoms with Gasteiger partial charge in [-0.25, -0.2) is 4.98 Å². The second-order valence-corrected chi connectivity index (χ2v) is 6.22. The molecule has 0 saturated carbocycles. The average Bonchev–Trinajstić information content (AvgIpc) is 2.98. The van der Waals surface area contributed by atoms with Crippen LogP contribution in [0.15, 0.2) is 6.33 Å². The molecule has 0 bridgehead atoms. The van der Waals surface area contributed by atoms with Gasteiger partial charge < -0.3 is 19.9 Å². The summed E-state index contributed by atoms with van der Waals surface area (Å²) in [4.78, 5) is 26.6. The minimum atomic E-state index is -0.920. The van der Waals surface area contributed by atoms with Crippen LogP contribution >= 0.6 is 0 Å². The summed E-state index contributed by atoms with van der Waals surface area (Å²) in [5.74, 6) is 0.339. The second kappa shape index (κ2) is 9.19. The van der Waals surface area contributed by atoms with E-state index in [0.29, 0.717) is 17.1 Å². The molecule has 0 unspecified atom stereocenters. The van der Waals surface area contributed by atoms with Crippen molar-refractivity contribution >= 4 is 28.9 Å². The number of hydrogen-bond acceptors (Lipinski definition) is 6. The van der Waals surface area contributed by atoms with Crippen LogP contribution in [0.5, 0.6) is 0 Å². The van der Waals surface area contributed by atoms with Crippen LogP contribution in [0.1, 0.15) is 46.0 Å². The van der Waals surface area contributed by atoms with Gasteiger partial charge in [0.15, 0.2) is 17.0 Å². The lowest BCUT2D eigenvalue weighted by Gasteiger charge is -2.19. The lowest BCUT2D eigenvalue weighted by atomic mass is 10.2. The monoisotopic (exact) mass is 348 g/mol. The Kier molecular flexibility index (Phi) is 6.97. The van der Waals surface area contributed by atoms with Crippen LogP contribution in [0.2, 0.25) is 0 Å². The Labute approximate surface area is 148 Å². The Hall–Kier alpha value is -2.38. The third-order valence-corrected chi connectivity index (χ3v) is 4.02. The fourth-order valence-electron chi connectivity index (χ4n) is 2.61. The topological polar surface area (TPSA) is 96.2 Å². The van der Waals surface area contributed by atoms with E-state index in [4.69, 9.17) is 5.11 Å². The van der Waals surface area contributed by atoms with E-state index in [0.717, 1.165) is 51.0 Å². The number of rotatable bonds is 11. The van der Waals surface area contributed by atoms with E-state index in [1.807, 2.05) is 7.05 Å². The third-order valence-electron chi connectivity index (χ3n) is 4.02. The zero-order valence-electron chi connectivity index (χ0n) is 15.3. The summed E-state index contributed by atoms with van der Waals surface area (Å²) in [5.41, 5.74) is 1.19. The quantitative estimate of drug-likeness (QED) is 0.603. The lowest BCUT2D eigenvalue weighted by molar-refractivity contribution is -0.137. The predicted octanol–water partition coefficient (Wildman–Crippen LogP) is 2.75. The van der Waals surface area contributed by atoms with Gasteiger partial charge in [0.2, 0.25) is 5.95 Å². The normalized spacial score (nSPS) is 11.0. The van der Waals surface area contributed by atoms with E-state index >= 15 is 0 Å². The maximum atomic E-state index is 11.1. The molecular formula is C17H28N6O2. The van der Waals surface area contributed by atoms with E-state index in [-0.39, 0.29) is 6.54 Å². The zero-order chi connectivity index (χ0) is 18.2. The first-order valence-electron chi connectivity index (χ1n) is 8.96. The SMILES string of the molecule is CCCCCNc1nc(N(C)CCCC)c2ncn(CC(=O)O)c2n1. The molecule has 2 N–H and O–H groups in total. The maximum absolute atomic E-state index is 11.1. The molecule has 0 aromatic carbocycles. The summed E-state index contributed by atoms with van der Waals surface area (Å²) in [5, 5.41) is 12.3. The van der Waals surface area contributed by atoms with E-state index in [9.17, 15) is 4.79 Å². The molecule has 8 nitrogen and oxygen atoms in total. The minimum Gasteiger partial charge on any atom is -0.480 e. The van der Waals surface area contributed by atoms with Crippen LogP contribution in [0, 0.1) is 0 Å². The first-order chi connectivity index (χ1) is 12.1. The molecule has 138 valence electrons. The molecule has 0 aliphatic heterocycles. The number of anilines is 2. The number of nitrogens with zero attached hydrogens (tertiary/aromatic N) is 5. The van der Waals surface area contributed by atoms with Crippen molar-refractivity contribution in [2.24, 2.45) is 0 Å². The smallest absolute Gasteiger partial charge is 0.323 e. The fourth-order valence-corrected chi connectivity index (χ4v) is 2.61. The zero-order valence-corrected chi connectivity index (χ0v) is 15.3. The molecule has 0 saturated heterocycles. The van der Waals surface area contributed by atoms with Crippen molar-refractivity contribution in [3.05, 3.63) is 6.33 Å². The van der Waals surface area contributed by atoms with E-state index in [1.54, 1.807) is 4.57 Å². The van der Waals surface area contributed by atoms with Gasteiger partial charge in [-0.05, 0) is 12.8 Å². The molecule has 0 fully saturated rings. The lowest BCUT2D eigenvalue weighted by Crippen LogP contribution is -2.21. The van der Waals surface area contributed by atoms with Gasteiger partial charge in [0.1, 0.15) is 6.54 Å². The van der Waals surface area contributed by atoms with Crippen LogP contribution in [-0.4, -0.2) is 50.7 Å². The van der Waals surface area contributed by atoms with Crippen molar-refractivity contribution in [3.8, 4) is 0 Å². The first kappa shape index (κ1) is 19.0. The van der Waals surface area contributed by atoms with Gasteiger partial charge in [-0.1, -0.05) is 33.1 Å². The van der Waals surface area contributed by atoms with Crippen molar-refractivity contribution in [2.45, 2.75) is 52.5 Å². The van der Waals surface area contributed by atoms with Gasteiger partial charge in [-0.3, -0.25) is 4.79 Å². The highest BCUT2D eigenvalue weighted by atomic mass is 16.4. The summed E-state index contributed by atoms with van der Waals surface area (Å²) in [6, 6.07) is 0. The summed E-state index contributed by atoms with van der Waals surface area (Å²) in [7, 11) is 1.98. The molecule has 0 aliphatic rings. The molecule has 8 heteroatoms. The Morgan fingerprint density at radius 3 is 2.68 bits per heavy atom. The highest BCUT2D eigenvalue weighted by Crippen LogP contribution is 2.24. The molecule has 2 aromatic heterocycles. The molecule has 25 heavy (non-hydrogen) atoms. The van der Waals surface area contributed by atoms with E-state index in [1.165, 1.54) is 6.33 Å². The average molecular weight is 348 g/mol. The van der Waals surface area contributed by atoms with Crippen molar-refractivity contribution in [2.75, 3.05) is 30.4 Å². The number of hydrogen-bond donors (Lipinski definition) is 2. The van der Waals surface area contributed by atoms with Crippen molar-refractivity contribution in [1.29, 1.82) is 0 Å². The van der Waals surface area contributed by atoms with Gasteiger partial charge in [0, 0.05) is 20.1 Å². The van der Waals surface area contributed by atoms with Crippen LogP contribution in [0.3, 0.4) is 0 Å². The summed E-state index contributed by atoms with van der Waals surface area (Å²) < 4.78 is 1.55. The summed E-state index contributed by atoms with van der Waals surface area (Å²) in [6.45, 7) is 5.80. The number of unbranched alkanes of at least 4 members (excludes halogenated alkanes) is 3. The highest BCUT2D eigenvalue weighted by molar-refractivity contribution is 5.85. The highest BCUT2D eigenvalue weighted by Gasteiger charge is 2.17. The van der Waals surface area contributed by atoms with Crippen LogP contribution < -0.4 is 10.2 Å². The number of aliphatic carboxylic acids is 1. The third kappa shape index (κ3) is 5.04. The number of aromatic nitrogens is 4. The van der Waals surface area contributed by atoms with Gasteiger partial charge in [0.05, 0.1) is 6.33 Å². The predicted molar refractivity (Wildman–Crippen MR) is 99.2 cm³/mol. The molecule has 0 aliphatic carbocycles. The van der Waals surface area contributed by atoms with E-state index < -0.39 is 5.97 Å². The first-order valence-corrected chi connectivity index (χ1v) is 8.96. The molecule has 0 amide bonds. The standard InChI is InChI=1S/C17H28N6O2/c1-4-6-8-9-18-17-20-15(22(3)10-7-5-2)14-16(21-17)23(12-19-14)11-13(24)25/h12H,4-11H2,1-3H3,(H,24,25)(H,18,20,21). The number of fused-ring (bicyclic) bond motifs is 1. The number of carboxylic acids is 1. The summed E-state index contributed by atoms with van der Waals surface area (Å²) >= 11 is 0. The van der Waals surface area contributed by atoms with Crippen LogP contribution in [0.4, 0.5) is 11.8 Å². The van der Waals surface area contributed by atoms with Gasteiger partial charge in [0.25, 0.3) is 0 Å². The number of nitrogens with one attached hydrogen (secondary N) is 1. The van der Waals surface area contributed by atoms with Gasteiger partial charge in [-0.15, -0.1) is 0 Å². The molecule has 0 spiro atoms. The fraction of sp³-hybridized carbons (Fsp3) is 0.647. The number of carboxylic acid groups (broad SMARTS) is 1. The molecule has 2 rings (SSSR count). The molecule has 0 radical (unpaired) electrons. The molecule has 0 atom stereocenters. The molecule has 2 aromatic rings. The van der Waals surface area contributed by atoms with Crippen LogP contribution in [-0.2, 0) is 11.3 Å². The van der Waals surface area contributed by atoms with Gasteiger partial charge >= 0.3 is 5.97 Å². The van der Waals surface area contributed by atoms with Crippen molar-refractivity contribution < 1.29 is 9.90 Å². The Morgan fingerprint density at radius 1 is 1.24 bits per heavy atom. The minimum absolute atomic E-state index is 0.166. The largest absolute Gasteiger partial charge is 0.480 e. The number of carbonyl (C=O) groups is 1. The van der Waals surface area contributed by atoms with Gasteiger partial charge in [-0.2, -0.15) is 9.97 Å².